The summed E-state index contributed by atoms with van der Waals surface area (Å²) >= 11 is 0. The van der Waals surface area contributed by atoms with Gasteiger partial charge in [-0.05, 0) is 68.8 Å². The summed E-state index contributed by atoms with van der Waals surface area (Å²) in [5.74, 6) is -1.80. The highest BCUT2D eigenvalue weighted by atomic mass is 32.2. The molecular formula is C25H26N2O7S. The van der Waals surface area contributed by atoms with E-state index in [2.05, 4.69) is 4.98 Å². The molecule has 0 spiro atoms. The predicted molar refractivity (Wildman–Crippen MR) is 129 cm³/mol. The number of hydrogen-bond donors (Lipinski definition) is 1. The van der Waals surface area contributed by atoms with Crippen molar-refractivity contribution < 1.29 is 32.6 Å². The summed E-state index contributed by atoms with van der Waals surface area (Å²) < 4.78 is 39.3. The van der Waals surface area contributed by atoms with Gasteiger partial charge in [-0.15, -0.1) is 0 Å². The van der Waals surface area contributed by atoms with Crippen LogP contribution in [0.3, 0.4) is 0 Å². The monoisotopic (exact) mass is 498 g/mol. The molecule has 184 valence electrons. The van der Waals surface area contributed by atoms with Crippen molar-refractivity contribution >= 4 is 27.6 Å². The lowest BCUT2D eigenvalue weighted by Crippen LogP contribution is -2.34. The number of methoxy groups -OCH3 is 1. The first-order valence-electron chi connectivity index (χ1n) is 10.6. The smallest absolute Gasteiger partial charge is 0.340 e. The maximum absolute atomic E-state index is 13.9. The first kappa shape index (κ1) is 25.7. The van der Waals surface area contributed by atoms with Crippen LogP contribution < -0.4 is 9.04 Å². The van der Waals surface area contributed by atoms with Crippen LogP contribution in [0.1, 0.15) is 47.1 Å². The standard InChI is InChI=1S/C25H26N2O7S/c1-25(2,3)34-24(30)21-9-5-8-20(23(28)29)22(21)27(16-17-7-6-14-26-15-17)35(31,32)19-12-10-18(33-4)11-13-19/h5-15H,16H2,1-4H3,(H,28,29). The van der Waals surface area contributed by atoms with Gasteiger partial charge in [0.15, 0.2) is 0 Å². The molecule has 9 nitrogen and oxygen atoms in total. The minimum absolute atomic E-state index is 0.113. The summed E-state index contributed by atoms with van der Waals surface area (Å²) in [4.78, 5) is 29.2. The number of para-hydroxylation sites is 1. The van der Waals surface area contributed by atoms with Crippen LogP contribution in [0.25, 0.3) is 0 Å². The second-order valence-corrected chi connectivity index (χ2v) is 10.4. The van der Waals surface area contributed by atoms with Crippen molar-refractivity contribution in [2.75, 3.05) is 11.4 Å². The van der Waals surface area contributed by atoms with Crippen LogP contribution in [0.4, 0.5) is 5.69 Å². The van der Waals surface area contributed by atoms with Gasteiger partial charge in [0.2, 0.25) is 0 Å². The van der Waals surface area contributed by atoms with Crippen molar-refractivity contribution in [1.29, 1.82) is 0 Å². The highest BCUT2D eigenvalue weighted by Gasteiger charge is 2.34. The topological polar surface area (TPSA) is 123 Å². The Morgan fingerprint density at radius 3 is 2.20 bits per heavy atom. The second kappa shape index (κ2) is 10.1. The van der Waals surface area contributed by atoms with E-state index in [4.69, 9.17) is 9.47 Å². The fraction of sp³-hybridized carbons (Fsp3) is 0.240. The lowest BCUT2D eigenvalue weighted by atomic mass is 10.1. The number of esters is 1. The fourth-order valence-electron chi connectivity index (χ4n) is 3.30. The molecule has 35 heavy (non-hydrogen) atoms. The highest BCUT2D eigenvalue weighted by molar-refractivity contribution is 7.92. The molecule has 3 rings (SSSR count). The second-order valence-electron chi connectivity index (χ2n) is 8.56. The average Bonchev–Trinajstić information content (AvgIpc) is 2.81. The first-order valence-corrected chi connectivity index (χ1v) is 12.0. The maximum Gasteiger partial charge on any atom is 0.340 e. The number of hydrogen-bond acceptors (Lipinski definition) is 7. The van der Waals surface area contributed by atoms with Crippen LogP contribution >= 0.6 is 0 Å². The Hall–Kier alpha value is -3.92. The number of ether oxygens (including phenoxy) is 2. The number of aromatic nitrogens is 1. The van der Waals surface area contributed by atoms with Crippen LogP contribution in [0, 0.1) is 0 Å². The molecule has 0 saturated carbocycles. The van der Waals surface area contributed by atoms with Gasteiger partial charge < -0.3 is 14.6 Å². The number of carbonyl (C=O) groups excluding carboxylic acids is 1. The summed E-state index contributed by atoms with van der Waals surface area (Å²) in [5, 5.41) is 9.92. The summed E-state index contributed by atoms with van der Waals surface area (Å²) in [6.45, 7) is 4.70. The molecule has 0 saturated heterocycles. The van der Waals surface area contributed by atoms with Crippen molar-refractivity contribution in [3.05, 3.63) is 83.7 Å². The number of benzene rings is 2. The van der Waals surface area contributed by atoms with E-state index in [1.807, 2.05) is 0 Å². The molecular weight excluding hydrogens is 472 g/mol. The number of pyridine rings is 1. The SMILES string of the molecule is COc1ccc(S(=O)(=O)N(Cc2cccnc2)c2c(C(=O)O)cccc2C(=O)OC(C)(C)C)cc1. The van der Waals surface area contributed by atoms with E-state index in [1.54, 1.807) is 32.9 Å². The zero-order valence-electron chi connectivity index (χ0n) is 19.8. The molecule has 0 bridgehead atoms. The first-order chi connectivity index (χ1) is 16.4. The molecule has 0 amide bonds. The summed E-state index contributed by atoms with van der Waals surface area (Å²) in [6, 6.07) is 12.9. The van der Waals surface area contributed by atoms with Gasteiger partial charge in [-0.2, -0.15) is 0 Å². The number of carboxylic acids is 1. The molecule has 0 aliphatic rings. The molecule has 0 unspecified atom stereocenters. The predicted octanol–water partition coefficient (Wildman–Crippen LogP) is 4.14. The van der Waals surface area contributed by atoms with E-state index in [0.717, 1.165) is 4.31 Å². The number of carbonyl (C=O) groups is 2. The Bertz CT molecular complexity index is 1320. The molecule has 1 N–H and O–H groups in total. The molecule has 0 atom stereocenters. The number of nitrogens with zero attached hydrogens (tertiary/aromatic N) is 2. The van der Waals surface area contributed by atoms with Gasteiger partial charge in [0.25, 0.3) is 10.0 Å². The van der Waals surface area contributed by atoms with Crippen LogP contribution in [-0.4, -0.2) is 43.2 Å². The Labute approximate surface area is 204 Å². The van der Waals surface area contributed by atoms with E-state index < -0.39 is 27.6 Å². The van der Waals surface area contributed by atoms with Gasteiger partial charge >= 0.3 is 11.9 Å². The number of anilines is 1. The Morgan fingerprint density at radius 2 is 1.66 bits per heavy atom. The van der Waals surface area contributed by atoms with E-state index in [-0.39, 0.29) is 28.3 Å². The molecule has 3 aromatic rings. The summed E-state index contributed by atoms with van der Waals surface area (Å²) in [5.41, 5.74) is -1.26. The molecule has 1 aromatic heterocycles. The molecule has 0 aliphatic heterocycles. The number of sulfonamides is 1. The van der Waals surface area contributed by atoms with Crippen molar-refractivity contribution in [2.24, 2.45) is 0 Å². The van der Waals surface area contributed by atoms with Gasteiger partial charge in [-0.1, -0.05) is 12.1 Å². The van der Waals surface area contributed by atoms with Crippen molar-refractivity contribution in [3.8, 4) is 5.75 Å². The van der Waals surface area contributed by atoms with Crippen LogP contribution in [0.2, 0.25) is 0 Å². The van der Waals surface area contributed by atoms with Gasteiger partial charge in [0.1, 0.15) is 11.4 Å². The van der Waals surface area contributed by atoms with E-state index in [9.17, 15) is 23.1 Å². The minimum atomic E-state index is -4.35. The zero-order valence-corrected chi connectivity index (χ0v) is 20.6. The van der Waals surface area contributed by atoms with Gasteiger partial charge in [-0.3, -0.25) is 9.29 Å². The largest absolute Gasteiger partial charge is 0.497 e. The fourth-order valence-corrected chi connectivity index (χ4v) is 4.79. The molecule has 2 aromatic carbocycles. The van der Waals surface area contributed by atoms with Crippen LogP contribution in [-0.2, 0) is 21.3 Å². The van der Waals surface area contributed by atoms with Crippen molar-refractivity contribution in [2.45, 2.75) is 37.8 Å². The lowest BCUT2D eigenvalue weighted by Gasteiger charge is -2.28. The van der Waals surface area contributed by atoms with Gasteiger partial charge in [0, 0.05) is 12.4 Å². The van der Waals surface area contributed by atoms with Crippen LogP contribution in [0.5, 0.6) is 5.75 Å². The third kappa shape index (κ3) is 5.96. The van der Waals surface area contributed by atoms with Crippen LogP contribution in [0.15, 0.2) is 71.9 Å². The third-order valence-corrected chi connectivity index (χ3v) is 6.59. The summed E-state index contributed by atoms with van der Waals surface area (Å²) in [6.07, 6.45) is 3.00. The Balaban J connectivity index is 2.28. The average molecular weight is 499 g/mol. The molecule has 0 radical (unpaired) electrons. The van der Waals surface area contributed by atoms with Gasteiger partial charge in [-0.25, -0.2) is 18.0 Å². The third-order valence-electron chi connectivity index (χ3n) is 4.83. The Morgan fingerprint density at radius 1 is 1.00 bits per heavy atom. The molecule has 0 fully saturated rings. The molecule has 10 heteroatoms. The van der Waals surface area contributed by atoms with Gasteiger partial charge in [0.05, 0.1) is 35.4 Å². The molecule has 1 heterocycles. The van der Waals surface area contributed by atoms with E-state index >= 15 is 0 Å². The quantitative estimate of drug-likeness (QED) is 0.460. The van der Waals surface area contributed by atoms with Crippen molar-refractivity contribution in [3.63, 3.8) is 0 Å². The van der Waals surface area contributed by atoms with E-state index in [1.165, 1.54) is 62.0 Å². The Kier molecular flexibility index (Phi) is 7.45. The number of carboxylic acid groups (broad SMARTS) is 1. The van der Waals surface area contributed by atoms with E-state index in [0.29, 0.717) is 11.3 Å². The number of aromatic carboxylic acids is 1. The normalized spacial score (nSPS) is 11.5. The maximum atomic E-state index is 13.9. The lowest BCUT2D eigenvalue weighted by molar-refractivity contribution is 0.00704. The van der Waals surface area contributed by atoms with Crippen molar-refractivity contribution in [1.82, 2.24) is 4.98 Å². The minimum Gasteiger partial charge on any atom is -0.497 e. The summed E-state index contributed by atoms with van der Waals surface area (Å²) in [7, 11) is -2.90. The zero-order chi connectivity index (χ0) is 25.8. The highest BCUT2D eigenvalue weighted by Crippen LogP contribution is 2.34. The number of rotatable bonds is 8. The molecule has 0 aliphatic carbocycles.